The molecule has 1 fully saturated rings. The number of rotatable bonds is 4. The van der Waals surface area contributed by atoms with Gasteiger partial charge in [0.25, 0.3) is 0 Å². The summed E-state index contributed by atoms with van der Waals surface area (Å²) in [5.41, 5.74) is 0. The zero-order valence-electron chi connectivity index (χ0n) is 11.2. The van der Waals surface area contributed by atoms with Crippen molar-refractivity contribution < 1.29 is 0 Å². The molecule has 1 aromatic rings. The van der Waals surface area contributed by atoms with Crippen molar-refractivity contribution in [3.05, 3.63) is 22.4 Å². The normalized spacial score (nSPS) is 25.9. The third kappa shape index (κ3) is 3.13. The number of nitrogens with zero attached hydrogens (tertiary/aromatic N) is 1. The van der Waals surface area contributed by atoms with Crippen LogP contribution in [0, 0.1) is 23.2 Å². The summed E-state index contributed by atoms with van der Waals surface area (Å²) in [4.78, 5) is 1.40. The van der Waals surface area contributed by atoms with Gasteiger partial charge in [-0.05, 0) is 30.2 Å². The van der Waals surface area contributed by atoms with Crippen LogP contribution in [0.4, 0.5) is 0 Å². The van der Waals surface area contributed by atoms with E-state index in [-0.39, 0.29) is 5.92 Å². The Kier molecular flexibility index (Phi) is 4.79. The molecule has 0 spiro atoms. The quantitative estimate of drug-likeness (QED) is 0.886. The average Bonchev–Trinajstić information content (AvgIpc) is 2.89. The lowest BCUT2D eigenvalue weighted by Gasteiger charge is -2.33. The second-order valence-electron chi connectivity index (χ2n) is 5.53. The van der Waals surface area contributed by atoms with Gasteiger partial charge in [-0.15, -0.1) is 11.3 Å². The Balaban J connectivity index is 2.07. The third-order valence-electron chi connectivity index (χ3n) is 3.84. The summed E-state index contributed by atoms with van der Waals surface area (Å²) >= 11 is 1.81. The molecule has 98 valence electrons. The topological polar surface area (TPSA) is 35.8 Å². The molecule has 18 heavy (non-hydrogen) atoms. The summed E-state index contributed by atoms with van der Waals surface area (Å²) in [6.07, 6.45) is 4.67. The summed E-state index contributed by atoms with van der Waals surface area (Å²) in [6.45, 7) is 4.50. The van der Waals surface area contributed by atoms with Crippen molar-refractivity contribution in [1.82, 2.24) is 5.32 Å². The molecule has 3 heteroatoms. The van der Waals surface area contributed by atoms with Gasteiger partial charge in [0.05, 0.1) is 12.0 Å². The van der Waals surface area contributed by atoms with Crippen LogP contribution >= 0.6 is 11.3 Å². The third-order valence-corrected chi connectivity index (χ3v) is 4.80. The lowest BCUT2D eigenvalue weighted by Crippen LogP contribution is -2.41. The monoisotopic (exact) mass is 262 g/mol. The van der Waals surface area contributed by atoms with Gasteiger partial charge in [0, 0.05) is 17.0 Å². The molecule has 1 aliphatic rings. The maximum absolute atomic E-state index is 9.26. The van der Waals surface area contributed by atoms with E-state index in [0.717, 1.165) is 12.8 Å². The molecule has 0 aliphatic heterocycles. The number of hydrogen-bond donors (Lipinski definition) is 1. The van der Waals surface area contributed by atoms with Crippen molar-refractivity contribution >= 4 is 11.3 Å². The summed E-state index contributed by atoms with van der Waals surface area (Å²) in [6, 6.07) is 7.56. The smallest absolute Gasteiger partial charge is 0.0672 e. The maximum Gasteiger partial charge on any atom is 0.0672 e. The van der Waals surface area contributed by atoms with Gasteiger partial charge in [-0.2, -0.15) is 5.26 Å². The maximum atomic E-state index is 9.26. The molecule has 0 radical (unpaired) electrons. The van der Waals surface area contributed by atoms with Crippen molar-refractivity contribution in [1.29, 1.82) is 5.26 Å². The highest BCUT2D eigenvalue weighted by atomic mass is 32.1. The van der Waals surface area contributed by atoms with E-state index in [1.54, 1.807) is 0 Å². The fourth-order valence-corrected chi connectivity index (χ4v) is 3.75. The lowest BCUT2D eigenvalue weighted by atomic mass is 9.84. The van der Waals surface area contributed by atoms with Crippen LogP contribution in [0.3, 0.4) is 0 Å². The van der Waals surface area contributed by atoms with Gasteiger partial charge in [-0.25, -0.2) is 0 Å². The molecule has 3 unspecified atom stereocenters. The molecule has 1 aromatic heterocycles. The lowest BCUT2D eigenvalue weighted by molar-refractivity contribution is 0.262. The Bertz CT molecular complexity index is 391. The van der Waals surface area contributed by atoms with E-state index >= 15 is 0 Å². The van der Waals surface area contributed by atoms with E-state index in [4.69, 9.17) is 0 Å². The van der Waals surface area contributed by atoms with Crippen LogP contribution in [0.25, 0.3) is 0 Å². The minimum Gasteiger partial charge on any atom is -0.305 e. The highest BCUT2D eigenvalue weighted by molar-refractivity contribution is 7.10. The highest BCUT2D eigenvalue weighted by Crippen LogP contribution is 2.31. The number of nitriles is 1. The van der Waals surface area contributed by atoms with Crippen molar-refractivity contribution in [3.63, 3.8) is 0 Å². The van der Waals surface area contributed by atoms with Crippen molar-refractivity contribution in [2.45, 2.75) is 51.6 Å². The second-order valence-corrected chi connectivity index (χ2v) is 6.51. The fourth-order valence-electron chi connectivity index (χ4n) is 2.79. The van der Waals surface area contributed by atoms with Crippen LogP contribution in [0.5, 0.6) is 0 Å². The van der Waals surface area contributed by atoms with E-state index in [9.17, 15) is 5.26 Å². The molecule has 0 bridgehead atoms. The van der Waals surface area contributed by atoms with E-state index < -0.39 is 0 Å². The van der Waals surface area contributed by atoms with Crippen molar-refractivity contribution in [2.75, 3.05) is 0 Å². The predicted octanol–water partition coefficient (Wildman–Crippen LogP) is 4.12. The molecule has 1 aliphatic carbocycles. The van der Waals surface area contributed by atoms with Gasteiger partial charge in [-0.1, -0.05) is 32.8 Å². The van der Waals surface area contributed by atoms with Crippen LogP contribution in [0.2, 0.25) is 0 Å². The largest absolute Gasteiger partial charge is 0.305 e. The summed E-state index contributed by atoms with van der Waals surface area (Å²) in [5.74, 6) is 0.755. The summed E-state index contributed by atoms with van der Waals surface area (Å²) < 4.78 is 0. The number of nitrogens with one attached hydrogen (secondary N) is 1. The first-order chi connectivity index (χ1) is 8.72. The molecular weight excluding hydrogens is 240 g/mol. The van der Waals surface area contributed by atoms with E-state index in [0.29, 0.717) is 18.0 Å². The Hall–Kier alpha value is -0.850. The molecule has 0 aromatic carbocycles. The van der Waals surface area contributed by atoms with Gasteiger partial charge in [0.2, 0.25) is 0 Å². The molecule has 0 saturated heterocycles. The van der Waals surface area contributed by atoms with Gasteiger partial charge < -0.3 is 5.32 Å². The zero-order valence-corrected chi connectivity index (χ0v) is 12.0. The van der Waals surface area contributed by atoms with Crippen molar-refractivity contribution in [2.24, 2.45) is 11.8 Å². The number of thiophene rings is 1. The van der Waals surface area contributed by atoms with Crippen LogP contribution < -0.4 is 5.32 Å². The fraction of sp³-hybridized carbons (Fsp3) is 0.667. The van der Waals surface area contributed by atoms with Gasteiger partial charge in [0.1, 0.15) is 0 Å². The minimum absolute atomic E-state index is 0.194. The Labute approximate surface area is 114 Å². The average molecular weight is 262 g/mol. The zero-order chi connectivity index (χ0) is 13.0. The van der Waals surface area contributed by atoms with Crippen molar-refractivity contribution in [3.8, 4) is 6.07 Å². The Morgan fingerprint density at radius 3 is 2.78 bits per heavy atom. The van der Waals surface area contributed by atoms with Crippen LogP contribution in [-0.4, -0.2) is 6.04 Å². The predicted molar refractivity (Wildman–Crippen MR) is 76.4 cm³/mol. The molecule has 3 atom stereocenters. The summed E-state index contributed by atoms with van der Waals surface area (Å²) in [7, 11) is 0. The SMILES string of the molecule is CC(C)C(NC1CCCCC1C#N)c1cccs1. The molecule has 0 amide bonds. The Morgan fingerprint density at radius 1 is 1.39 bits per heavy atom. The van der Waals surface area contributed by atoms with E-state index in [1.165, 1.54) is 17.7 Å². The van der Waals surface area contributed by atoms with Gasteiger partial charge in [0.15, 0.2) is 0 Å². The molecule has 1 N–H and O–H groups in total. The van der Waals surface area contributed by atoms with E-state index in [2.05, 4.69) is 42.7 Å². The molecule has 1 saturated carbocycles. The standard InChI is InChI=1S/C15H22N2S/c1-11(2)15(14-8-5-9-18-14)17-13-7-4-3-6-12(13)10-16/h5,8-9,11-13,15,17H,3-4,6-7H2,1-2H3. The highest BCUT2D eigenvalue weighted by Gasteiger charge is 2.28. The minimum atomic E-state index is 0.194. The van der Waals surface area contributed by atoms with E-state index in [1.807, 2.05) is 11.3 Å². The first kappa shape index (κ1) is 13.6. The molecule has 1 heterocycles. The Morgan fingerprint density at radius 2 is 2.17 bits per heavy atom. The van der Waals surface area contributed by atoms with Crippen LogP contribution in [-0.2, 0) is 0 Å². The first-order valence-corrected chi connectivity index (χ1v) is 7.79. The molecule has 2 rings (SSSR count). The number of hydrogen-bond acceptors (Lipinski definition) is 3. The second kappa shape index (κ2) is 6.36. The first-order valence-electron chi connectivity index (χ1n) is 6.91. The van der Waals surface area contributed by atoms with Gasteiger partial charge in [-0.3, -0.25) is 0 Å². The molecular formula is C15H22N2S. The van der Waals surface area contributed by atoms with Gasteiger partial charge >= 0.3 is 0 Å². The summed E-state index contributed by atoms with van der Waals surface area (Å²) in [5, 5.41) is 15.1. The van der Waals surface area contributed by atoms with Crippen LogP contribution in [0.15, 0.2) is 17.5 Å². The molecule has 2 nitrogen and oxygen atoms in total. The van der Waals surface area contributed by atoms with Crippen LogP contribution in [0.1, 0.15) is 50.4 Å².